The van der Waals surface area contributed by atoms with E-state index in [0.29, 0.717) is 23.7 Å². The van der Waals surface area contributed by atoms with Crippen LogP contribution in [0.1, 0.15) is 16.9 Å². The molecule has 23 heavy (non-hydrogen) atoms. The fraction of sp³-hybridized carbons (Fsp3) is 0.312. The third kappa shape index (κ3) is 3.56. The number of H-pyrrole nitrogens is 1. The van der Waals surface area contributed by atoms with Crippen LogP contribution in [0.2, 0.25) is 0 Å². The van der Waals surface area contributed by atoms with Gasteiger partial charge in [-0.25, -0.2) is 0 Å². The van der Waals surface area contributed by atoms with Crippen molar-refractivity contribution in [2.24, 2.45) is 0 Å². The maximum Gasteiger partial charge on any atom is 0.305 e. The number of carboxylic acids is 1. The Morgan fingerprint density at radius 3 is 2.87 bits per heavy atom. The maximum atomic E-state index is 12.7. The van der Waals surface area contributed by atoms with Gasteiger partial charge in [0.25, 0.3) is 5.91 Å². The van der Waals surface area contributed by atoms with E-state index in [1.54, 1.807) is 22.7 Å². The van der Waals surface area contributed by atoms with Crippen molar-refractivity contribution < 1.29 is 14.7 Å². The Kier molecular flexibility index (Phi) is 4.66. The SMILES string of the molecule is O=C(O)CC1CSCCN1C(=O)c1cc(-c2ccccc2)n[nH]1. The van der Waals surface area contributed by atoms with Crippen LogP contribution in [-0.4, -0.2) is 56.2 Å². The van der Waals surface area contributed by atoms with Gasteiger partial charge in [-0.3, -0.25) is 14.7 Å². The summed E-state index contributed by atoms with van der Waals surface area (Å²) >= 11 is 1.68. The molecule has 2 aromatic rings. The molecule has 120 valence electrons. The van der Waals surface area contributed by atoms with E-state index >= 15 is 0 Å². The number of amides is 1. The average molecular weight is 331 g/mol. The van der Waals surface area contributed by atoms with E-state index in [9.17, 15) is 9.59 Å². The standard InChI is InChI=1S/C16H17N3O3S/c20-15(21)8-12-10-23-7-6-19(12)16(22)14-9-13(17-18-14)11-4-2-1-3-5-11/h1-5,9,12H,6-8,10H2,(H,17,18)(H,20,21). The van der Waals surface area contributed by atoms with Crippen molar-refractivity contribution in [2.75, 3.05) is 18.1 Å². The second-order valence-electron chi connectivity index (χ2n) is 5.36. The molecule has 1 unspecified atom stereocenters. The number of carbonyl (C=O) groups excluding carboxylic acids is 1. The lowest BCUT2D eigenvalue weighted by atomic mass is 10.1. The highest BCUT2D eigenvalue weighted by atomic mass is 32.2. The zero-order valence-electron chi connectivity index (χ0n) is 12.4. The van der Waals surface area contributed by atoms with Gasteiger partial charge in [-0.2, -0.15) is 16.9 Å². The highest BCUT2D eigenvalue weighted by Gasteiger charge is 2.30. The summed E-state index contributed by atoms with van der Waals surface area (Å²) in [6, 6.07) is 11.0. The lowest BCUT2D eigenvalue weighted by molar-refractivity contribution is -0.138. The summed E-state index contributed by atoms with van der Waals surface area (Å²) < 4.78 is 0. The van der Waals surface area contributed by atoms with Crippen LogP contribution < -0.4 is 0 Å². The van der Waals surface area contributed by atoms with Gasteiger partial charge in [0.2, 0.25) is 0 Å². The number of benzene rings is 1. The number of carboxylic acid groups (broad SMARTS) is 1. The molecule has 0 aliphatic carbocycles. The molecule has 1 aromatic carbocycles. The summed E-state index contributed by atoms with van der Waals surface area (Å²) in [4.78, 5) is 25.3. The van der Waals surface area contributed by atoms with Crippen LogP contribution in [0.15, 0.2) is 36.4 Å². The van der Waals surface area contributed by atoms with E-state index in [0.717, 1.165) is 11.3 Å². The largest absolute Gasteiger partial charge is 0.481 e. The Hall–Kier alpha value is -2.28. The first-order valence-electron chi connectivity index (χ1n) is 7.36. The Bertz CT molecular complexity index is 702. The van der Waals surface area contributed by atoms with E-state index in [4.69, 9.17) is 5.11 Å². The fourth-order valence-corrected chi connectivity index (χ4v) is 3.70. The summed E-state index contributed by atoms with van der Waals surface area (Å²) in [6.07, 6.45) is -0.0293. The number of nitrogens with one attached hydrogen (secondary N) is 1. The highest BCUT2D eigenvalue weighted by Crippen LogP contribution is 2.23. The number of thioether (sulfide) groups is 1. The van der Waals surface area contributed by atoms with Gasteiger partial charge in [0.05, 0.1) is 18.2 Å². The smallest absolute Gasteiger partial charge is 0.305 e. The van der Waals surface area contributed by atoms with Crippen molar-refractivity contribution in [1.29, 1.82) is 0 Å². The third-order valence-corrected chi connectivity index (χ3v) is 4.87. The molecule has 1 saturated heterocycles. The second kappa shape index (κ2) is 6.87. The number of aromatic nitrogens is 2. The zero-order chi connectivity index (χ0) is 16.2. The number of hydrogen-bond donors (Lipinski definition) is 2. The van der Waals surface area contributed by atoms with Crippen LogP contribution in [0.3, 0.4) is 0 Å². The van der Waals surface area contributed by atoms with Crippen LogP contribution in [0.4, 0.5) is 0 Å². The maximum absolute atomic E-state index is 12.7. The molecule has 3 rings (SSSR count). The van der Waals surface area contributed by atoms with Crippen LogP contribution in [0, 0.1) is 0 Å². The minimum absolute atomic E-state index is 0.0293. The zero-order valence-corrected chi connectivity index (χ0v) is 13.3. The number of aliphatic carboxylic acids is 1. The molecular formula is C16H17N3O3S. The van der Waals surface area contributed by atoms with E-state index in [2.05, 4.69) is 10.2 Å². The van der Waals surface area contributed by atoms with E-state index < -0.39 is 5.97 Å². The summed E-state index contributed by atoms with van der Waals surface area (Å²) in [5, 5.41) is 16.0. The molecule has 1 aliphatic heterocycles. The van der Waals surface area contributed by atoms with Gasteiger partial charge in [0.15, 0.2) is 0 Å². The van der Waals surface area contributed by atoms with E-state index in [-0.39, 0.29) is 18.4 Å². The van der Waals surface area contributed by atoms with Crippen molar-refractivity contribution in [1.82, 2.24) is 15.1 Å². The molecule has 2 heterocycles. The minimum atomic E-state index is -0.884. The molecule has 0 saturated carbocycles. The summed E-state index contributed by atoms with van der Waals surface area (Å²) in [5.41, 5.74) is 2.03. The second-order valence-corrected chi connectivity index (χ2v) is 6.51. The molecule has 1 aliphatic rings. The first kappa shape index (κ1) is 15.6. The Labute approximate surface area is 137 Å². The number of rotatable bonds is 4. The first-order chi connectivity index (χ1) is 11.1. The average Bonchev–Trinajstić information content (AvgIpc) is 3.05. The lowest BCUT2D eigenvalue weighted by Crippen LogP contribution is -2.47. The number of hydrogen-bond acceptors (Lipinski definition) is 4. The van der Waals surface area contributed by atoms with Gasteiger partial charge < -0.3 is 10.0 Å². The molecule has 0 radical (unpaired) electrons. The molecule has 0 bridgehead atoms. The van der Waals surface area contributed by atoms with Gasteiger partial charge in [-0.1, -0.05) is 30.3 Å². The number of carbonyl (C=O) groups is 2. The molecule has 1 aromatic heterocycles. The third-order valence-electron chi connectivity index (χ3n) is 3.78. The van der Waals surface area contributed by atoms with Gasteiger partial charge in [0, 0.05) is 23.6 Å². The van der Waals surface area contributed by atoms with Crippen molar-refractivity contribution in [2.45, 2.75) is 12.5 Å². The number of aromatic amines is 1. The van der Waals surface area contributed by atoms with Crippen LogP contribution in [0.25, 0.3) is 11.3 Å². The van der Waals surface area contributed by atoms with Crippen LogP contribution >= 0.6 is 11.8 Å². The van der Waals surface area contributed by atoms with E-state index in [1.165, 1.54) is 0 Å². The summed E-state index contributed by atoms with van der Waals surface area (Å²) in [6.45, 7) is 0.557. The molecule has 2 N–H and O–H groups in total. The van der Waals surface area contributed by atoms with Crippen LogP contribution in [0.5, 0.6) is 0 Å². The molecule has 1 fully saturated rings. The van der Waals surface area contributed by atoms with Crippen molar-refractivity contribution >= 4 is 23.6 Å². The summed E-state index contributed by atoms with van der Waals surface area (Å²) in [7, 11) is 0. The molecule has 7 heteroatoms. The number of nitrogens with zero attached hydrogens (tertiary/aromatic N) is 2. The van der Waals surface area contributed by atoms with Gasteiger partial charge in [0.1, 0.15) is 5.69 Å². The molecule has 1 atom stereocenters. The Balaban J connectivity index is 1.79. The monoisotopic (exact) mass is 331 g/mol. The Morgan fingerprint density at radius 1 is 1.35 bits per heavy atom. The lowest BCUT2D eigenvalue weighted by Gasteiger charge is -2.34. The van der Waals surface area contributed by atoms with E-state index in [1.807, 2.05) is 30.3 Å². The normalized spacial score (nSPS) is 17.9. The van der Waals surface area contributed by atoms with Crippen molar-refractivity contribution in [3.8, 4) is 11.3 Å². The minimum Gasteiger partial charge on any atom is -0.481 e. The van der Waals surface area contributed by atoms with Crippen molar-refractivity contribution in [3.05, 3.63) is 42.1 Å². The topological polar surface area (TPSA) is 86.3 Å². The molecule has 6 nitrogen and oxygen atoms in total. The first-order valence-corrected chi connectivity index (χ1v) is 8.52. The Morgan fingerprint density at radius 2 is 2.13 bits per heavy atom. The highest BCUT2D eigenvalue weighted by molar-refractivity contribution is 7.99. The predicted octanol–water partition coefficient (Wildman–Crippen LogP) is 2.11. The van der Waals surface area contributed by atoms with Gasteiger partial charge in [-0.15, -0.1) is 0 Å². The summed E-state index contributed by atoms with van der Waals surface area (Å²) in [5.74, 6) is 0.398. The molecular weight excluding hydrogens is 314 g/mol. The van der Waals surface area contributed by atoms with Gasteiger partial charge in [-0.05, 0) is 6.07 Å². The van der Waals surface area contributed by atoms with Crippen LogP contribution in [-0.2, 0) is 4.79 Å². The van der Waals surface area contributed by atoms with Gasteiger partial charge >= 0.3 is 5.97 Å². The molecule has 1 amide bonds. The quantitative estimate of drug-likeness (QED) is 0.896. The fourth-order valence-electron chi connectivity index (χ4n) is 2.64. The molecule has 0 spiro atoms. The predicted molar refractivity (Wildman–Crippen MR) is 88.4 cm³/mol. The van der Waals surface area contributed by atoms with Crippen molar-refractivity contribution in [3.63, 3.8) is 0 Å².